The van der Waals surface area contributed by atoms with Crippen LogP contribution in [-0.2, 0) is 6.18 Å². The molecule has 72 valence electrons. The standard InChI is InChI=1S/C9H11F3Si/c1-13(2)8-5-3-7(4-6-8)9(10,11)12/h3-6,13H,1-2H3. The fraction of sp³-hybridized carbons (Fsp3) is 0.333. The Kier molecular flexibility index (Phi) is 2.80. The van der Waals surface area contributed by atoms with E-state index in [4.69, 9.17) is 0 Å². The van der Waals surface area contributed by atoms with Crippen LogP contribution in [0, 0.1) is 0 Å². The monoisotopic (exact) mass is 204 g/mol. The van der Waals surface area contributed by atoms with Crippen LogP contribution in [0.4, 0.5) is 13.2 Å². The van der Waals surface area contributed by atoms with Gasteiger partial charge in [-0.15, -0.1) is 0 Å². The number of hydrogen-bond acceptors (Lipinski definition) is 0. The molecule has 0 atom stereocenters. The molecule has 13 heavy (non-hydrogen) atoms. The van der Waals surface area contributed by atoms with Crippen molar-refractivity contribution >= 4 is 14.0 Å². The maximum absolute atomic E-state index is 12.1. The molecular weight excluding hydrogens is 193 g/mol. The van der Waals surface area contributed by atoms with Crippen molar-refractivity contribution in [1.29, 1.82) is 0 Å². The number of rotatable bonds is 1. The number of alkyl halides is 3. The lowest BCUT2D eigenvalue weighted by atomic mass is 10.2. The maximum atomic E-state index is 12.1. The third-order valence-corrected chi connectivity index (χ3v) is 3.62. The van der Waals surface area contributed by atoms with E-state index in [2.05, 4.69) is 13.1 Å². The van der Waals surface area contributed by atoms with Gasteiger partial charge in [0.25, 0.3) is 0 Å². The molecule has 0 aliphatic rings. The predicted molar refractivity (Wildman–Crippen MR) is 50.0 cm³/mol. The van der Waals surface area contributed by atoms with Crippen molar-refractivity contribution in [3.05, 3.63) is 29.8 Å². The van der Waals surface area contributed by atoms with E-state index in [0.29, 0.717) is 0 Å². The van der Waals surface area contributed by atoms with E-state index in [1.165, 1.54) is 0 Å². The van der Waals surface area contributed by atoms with Crippen LogP contribution in [0.1, 0.15) is 5.56 Å². The molecule has 1 aromatic carbocycles. The molecule has 0 aliphatic heterocycles. The Balaban J connectivity index is 2.94. The van der Waals surface area contributed by atoms with Crippen LogP contribution in [0.15, 0.2) is 24.3 Å². The van der Waals surface area contributed by atoms with Crippen molar-refractivity contribution in [2.45, 2.75) is 19.3 Å². The van der Waals surface area contributed by atoms with Gasteiger partial charge in [-0.2, -0.15) is 13.2 Å². The largest absolute Gasteiger partial charge is 0.416 e. The zero-order valence-corrected chi connectivity index (χ0v) is 8.68. The summed E-state index contributed by atoms with van der Waals surface area (Å²) < 4.78 is 36.4. The highest BCUT2D eigenvalue weighted by Crippen LogP contribution is 2.28. The summed E-state index contributed by atoms with van der Waals surface area (Å²) in [5, 5.41) is 1.06. The molecule has 0 nitrogen and oxygen atoms in total. The van der Waals surface area contributed by atoms with Crippen molar-refractivity contribution in [1.82, 2.24) is 0 Å². The second-order valence-corrected chi connectivity index (χ2v) is 6.25. The van der Waals surface area contributed by atoms with Crippen molar-refractivity contribution in [3.63, 3.8) is 0 Å². The summed E-state index contributed by atoms with van der Waals surface area (Å²) in [6, 6.07) is 5.48. The maximum Gasteiger partial charge on any atom is 0.416 e. The summed E-state index contributed by atoms with van der Waals surface area (Å²) in [4.78, 5) is 0. The van der Waals surface area contributed by atoms with Gasteiger partial charge in [0.15, 0.2) is 0 Å². The van der Waals surface area contributed by atoms with E-state index in [-0.39, 0.29) is 0 Å². The van der Waals surface area contributed by atoms with Crippen LogP contribution in [-0.4, -0.2) is 8.80 Å². The average molecular weight is 204 g/mol. The van der Waals surface area contributed by atoms with Gasteiger partial charge < -0.3 is 0 Å². The number of hydrogen-bond donors (Lipinski definition) is 0. The summed E-state index contributed by atoms with van der Waals surface area (Å²) in [6.07, 6.45) is -4.21. The SMILES string of the molecule is C[SiH](C)c1ccc(C(F)(F)F)cc1. The Morgan fingerprint density at radius 3 is 1.77 bits per heavy atom. The molecule has 0 fully saturated rings. The van der Waals surface area contributed by atoms with Crippen LogP contribution in [0.25, 0.3) is 0 Å². The minimum absolute atomic E-state index is 0.564. The second kappa shape index (κ2) is 3.53. The summed E-state index contributed by atoms with van der Waals surface area (Å²) in [7, 11) is -0.971. The third kappa shape index (κ3) is 2.59. The highest BCUT2D eigenvalue weighted by Gasteiger charge is 2.29. The van der Waals surface area contributed by atoms with Crippen molar-refractivity contribution in [2.75, 3.05) is 0 Å². The van der Waals surface area contributed by atoms with Crippen LogP contribution < -0.4 is 5.19 Å². The normalized spacial score (nSPS) is 12.2. The van der Waals surface area contributed by atoms with Crippen molar-refractivity contribution < 1.29 is 13.2 Å². The fourth-order valence-corrected chi connectivity index (χ4v) is 2.02. The van der Waals surface area contributed by atoms with Gasteiger partial charge in [0.2, 0.25) is 0 Å². The Labute approximate surface area is 77.0 Å². The molecule has 0 unspecified atom stereocenters. The van der Waals surface area contributed by atoms with E-state index in [1.807, 2.05) is 0 Å². The number of benzene rings is 1. The van der Waals surface area contributed by atoms with Crippen molar-refractivity contribution in [2.24, 2.45) is 0 Å². The molecule has 0 saturated carbocycles. The minimum atomic E-state index is -4.21. The van der Waals surface area contributed by atoms with E-state index in [0.717, 1.165) is 17.3 Å². The minimum Gasteiger partial charge on any atom is -0.166 e. The highest BCUT2D eigenvalue weighted by molar-refractivity contribution is 6.70. The lowest BCUT2D eigenvalue weighted by Gasteiger charge is -2.08. The first-order valence-electron chi connectivity index (χ1n) is 4.08. The van der Waals surface area contributed by atoms with Gasteiger partial charge in [-0.05, 0) is 0 Å². The Bertz CT molecular complexity index is 274. The first-order valence-corrected chi connectivity index (χ1v) is 6.97. The topological polar surface area (TPSA) is 0 Å². The van der Waals surface area contributed by atoms with Gasteiger partial charge in [-0.3, -0.25) is 0 Å². The van der Waals surface area contributed by atoms with Gasteiger partial charge >= 0.3 is 6.18 Å². The molecule has 0 radical (unpaired) electrons. The molecule has 0 heterocycles. The Hall–Kier alpha value is -0.773. The van der Waals surface area contributed by atoms with Gasteiger partial charge in [0, 0.05) is 0 Å². The number of halogens is 3. The Morgan fingerprint density at radius 2 is 1.46 bits per heavy atom. The summed E-state index contributed by atoms with van der Waals surface area (Å²) >= 11 is 0. The molecule has 0 amide bonds. The molecule has 0 spiro atoms. The average Bonchev–Trinajstić information content (AvgIpc) is 2.03. The van der Waals surface area contributed by atoms with Crippen LogP contribution in [0.5, 0.6) is 0 Å². The summed E-state index contributed by atoms with van der Waals surface area (Å²) in [6.45, 7) is 4.17. The van der Waals surface area contributed by atoms with Gasteiger partial charge in [-0.25, -0.2) is 0 Å². The first kappa shape index (κ1) is 10.3. The molecule has 0 saturated heterocycles. The summed E-state index contributed by atoms with van der Waals surface area (Å²) in [5.74, 6) is 0. The Morgan fingerprint density at radius 1 is 1.00 bits per heavy atom. The van der Waals surface area contributed by atoms with Crippen LogP contribution in [0.2, 0.25) is 13.1 Å². The molecule has 0 bridgehead atoms. The fourth-order valence-electron chi connectivity index (χ4n) is 1.06. The van der Waals surface area contributed by atoms with E-state index in [9.17, 15) is 13.2 Å². The molecule has 1 aromatic rings. The third-order valence-electron chi connectivity index (χ3n) is 1.90. The molecule has 0 N–H and O–H groups in total. The van der Waals surface area contributed by atoms with Crippen LogP contribution in [0.3, 0.4) is 0 Å². The smallest absolute Gasteiger partial charge is 0.166 e. The van der Waals surface area contributed by atoms with Gasteiger partial charge in [0.05, 0.1) is 14.4 Å². The molecule has 0 aromatic heterocycles. The highest BCUT2D eigenvalue weighted by atomic mass is 28.3. The lowest BCUT2D eigenvalue weighted by molar-refractivity contribution is -0.137. The van der Waals surface area contributed by atoms with E-state index in [1.54, 1.807) is 12.1 Å². The molecule has 0 aliphatic carbocycles. The van der Waals surface area contributed by atoms with E-state index >= 15 is 0 Å². The zero-order valence-electron chi connectivity index (χ0n) is 7.52. The summed E-state index contributed by atoms with van der Waals surface area (Å²) in [5.41, 5.74) is -0.564. The predicted octanol–water partition coefficient (Wildman–Crippen LogP) is 2.40. The second-order valence-electron chi connectivity index (χ2n) is 3.27. The van der Waals surface area contributed by atoms with E-state index < -0.39 is 20.5 Å². The van der Waals surface area contributed by atoms with Crippen molar-refractivity contribution in [3.8, 4) is 0 Å². The molecule has 1 rings (SSSR count). The lowest BCUT2D eigenvalue weighted by Crippen LogP contribution is -2.22. The van der Waals surface area contributed by atoms with Gasteiger partial charge in [-0.1, -0.05) is 42.5 Å². The quantitative estimate of drug-likeness (QED) is 0.616. The first-order chi connectivity index (χ1) is 5.91. The van der Waals surface area contributed by atoms with Gasteiger partial charge in [0.1, 0.15) is 0 Å². The van der Waals surface area contributed by atoms with Crippen LogP contribution >= 0.6 is 0 Å². The molecule has 4 heteroatoms. The zero-order chi connectivity index (χ0) is 10.1. The molecular formula is C9H11F3Si.